The fourth-order valence-electron chi connectivity index (χ4n) is 1.48. The molecule has 19 heavy (non-hydrogen) atoms. The van der Waals surface area contributed by atoms with Gasteiger partial charge >= 0.3 is 0 Å². The van der Waals surface area contributed by atoms with Gasteiger partial charge in [-0.05, 0) is 30.3 Å². The van der Waals surface area contributed by atoms with Crippen molar-refractivity contribution in [2.24, 2.45) is 5.73 Å². The van der Waals surface area contributed by atoms with Crippen LogP contribution in [0.25, 0.3) is 0 Å². The second-order valence-corrected chi connectivity index (χ2v) is 4.19. The summed E-state index contributed by atoms with van der Waals surface area (Å²) in [6.07, 6.45) is 1.48. The molecule has 0 aliphatic heterocycles. The number of nitrogens with one attached hydrogen (secondary N) is 1. The number of carbonyl (C=O) groups is 2. The maximum atomic E-state index is 12.0. The van der Waals surface area contributed by atoms with E-state index in [-0.39, 0.29) is 5.56 Å². The Kier molecular flexibility index (Phi) is 3.77. The highest BCUT2D eigenvalue weighted by atomic mass is 35.5. The van der Waals surface area contributed by atoms with Crippen molar-refractivity contribution in [3.8, 4) is 0 Å². The summed E-state index contributed by atoms with van der Waals surface area (Å²) in [6, 6.07) is 9.24. The van der Waals surface area contributed by atoms with Crippen LogP contribution in [-0.2, 0) is 0 Å². The van der Waals surface area contributed by atoms with Gasteiger partial charge in [0.25, 0.3) is 5.91 Å². The smallest absolute Gasteiger partial charge is 0.256 e. The van der Waals surface area contributed by atoms with Crippen molar-refractivity contribution in [1.29, 1.82) is 0 Å². The van der Waals surface area contributed by atoms with Crippen LogP contribution in [0.15, 0.2) is 42.6 Å². The molecule has 0 spiro atoms. The second kappa shape index (κ2) is 5.49. The van der Waals surface area contributed by atoms with Crippen LogP contribution in [0.5, 0.6) is 0 Å². The summed E-state index contributed by atoms with van der Waals surface area (Å²) in [7, 11) is 0. The van der Waals surface area contributed by atoms with Gasteiger partial charge in [0, 0.05) is 22.3 Å². The van der Waals surface area contributed by atoms with Crippen LogP contribution in [0, 0.1) is 0 Å². The molecule has 6 heteroatoms. The Morgan fingerprint density at radius 2 is 1.89 bits per heavy atom. The molecule has 0 fully saturated rings. The van der Waals surface area contributed by atoms with E-state index in [2.05, 4.69) is 10.3 Å². The molecule has 2 amide bonds. The molecular formula is C13H10ClN3O2. The summed E-state index contributed by atoms with van der Waals surface area (Å²) in [5.74, 6) is -0.643. The third kappa shape index (κ3) is 3.29. The fraction of sp³-hybridized carbons (Fsp3) is 0. The molecule has 3 N–H and O–H groups in total. The second-order valence-electron chi connectivity index (χ2n) is 3.76. The van der Waals surface area contributed by atoms with Gasteiger partial charge in [-0.2, -0.15) is 0 Å². The molecule has 0 unspecified atom stereocenters. The highest BCUT2D eigenvalue weighted by Gasteiger charge is 2.09. The Bertz CT molecular complexity index is 643. The minimum atomic E-state index is -0.587. The SMILES string of the molecule is NC(=O)c1cccc(C(=O)Nc2cc(Cl)ccn2)c1. The van der Waals surface area contributed by atoms with E-state index in [9.17, 15) is 9.59 Å². The Morgan fingerprint density at radius 3 is 2.58 bits per heavy atom. The van der Waals surface area contributed by atoms with Gasteiger partial charge in [0.1, 0.15) is 5.82 Å². The van der Waals surface area contributed by atoms with Gasteiger partial charge in [-0.1, -0.05) is 17.7 Å². The number of pyridine rings is 1. The van der Waals surface area contributed by atoms with Gasteiger partial charge in [0.05, 0.1) is 0 Å². The summed E-state index contributed by atoms with van der Waals surface area (Å²) in [6.45, 7) is 0. The molecule has 0 saturated carbocycles. The molecule has 0 bridgehead atoms. The first-order valence-corrected chi connectivity index (χ1v) is 5.77. The quantitative estimate of drug-likeness (QED) is 0.899. The standard InChI is InChI=1S/C13H10ClN3O2/c14-10-4-5-16-11(7-10)17-13(19)9-3-1-2-8(6-9)12(15)18/h1-7H,(H2,15,18)(H,16,17,19). The Morgan fingerprint density at radius 1 is 1.16 bits per heavy atom. The van der Waals surface area contributed by atoms with Crippen molar-refractivity contribution in [2.45, 2.75) is 0 Å². The molecule has 1 aromatic carbocycles. The third-order valence-corrected chi connectivity index (χ3v) is 2.61. The number of halogens is 1. The summed E-state index contributed by atoms with van der Waals surface area (Å²) in [5.41, 5.74) is 5.74. The highest BCUT2D eigenvalue weighted by Crippen LogP contribution is 2.13. The molecular weight excluding hydrogens is 266 g/mol. The van der Waals surface area contributed by atoms with E-state index in [0.717, 1.165) is 0 Å². The summed E-state index contributed by atoms with van der Waals surface area (Å²) < 4.78 is 0. The minimum Gasteiger partial charge on any atom is -0.366 e. The van der Waals surface area contributed by atoms with Gasteiger partial charge < -0.3 is 11.1 Å². The van der Waals surface area contributed by atoms with Crippen LogP contribution in [0.1, 0.15) is 20.7 Å². The number of aromatic nitrogens is 1. The Hall–Kier alpha value is -2.40. The Labute approximate surface area is 114 Å². The van der Waals surface area contributed by atoms with Crippen LogP contribution < -0.4 is 11.1 Å². The lowest BCUT2D eigenvalue weighted by Crippen LogP contribution is -2.15. The van der Waals surface area contributed by atoms with E-state index in [4.69, 9.17) is 17.3 Å². The summed E-state index contributed by atoms with van der Waals surface area (Å²) in [5, 5.41) is 3.05. The summed E-state index contributed by atoms with van der Waals surface area (Å²) >= 11 is 5.79. The number of primary amides is 1. The lowest BCUT2D eigenvalue weighted by atomic mass is 10.1. The third-order valence-electron chi connectivity index (χ3n) is 2.37. The summed E-state index contributed by atoms with van der Waals surface area (Å²) in [4.78, 5) is 26.9. The number of anilines is 1. The van der Waals surface area contributed by atoms with E-state index in [0.29, 0.717) is 16.4 Å². The zero-order valence-corrected chi connectivity index (χ0v) is 10.5. The largest absolute Gasteiger partial charge is 0.366 e. The molecule has 1 heterocycles. The predicted molar refractivity (Wildman–Crippen MR) is 72.2 cm³/mol. The van der Waals surface area contributed by atoms with Crippen molar-refractivity contribution >= 4 is 29.2 Å². The zero-order chi connectivity index (χ0) is 13.8. The van der Waals surface area contributed by atoms with Crippen LogP contribution in [0.3, 0.4) is 0 Å². The van der Waals surface area contributed by atoms with Crippen molar-refractivity contribution in [1.82, 2.24) is 4.98 Å². The Balaban J connectivity index is 2.20. The maximum absolute atomic E-state index is 12.0. The van der Waals surface area contributed by atoms with Crippen molar-refractivity contribution in [3.63, 3.8) is 0 Å². The van der Waals surface area contributed by atoms with E-state index in [1.165, 1.54) is 24.4 Å². The number of amides is 2. The van der Waals surface area contributed by atoms with Gasteiger partial charge in [-0.15, -0.1) is 0 Å². The number of hydrogen-bond donors (Lipinski definition) is 2. The lowest BCUT2D eigenvalue weighted by molar-refractivity contribution is 0.1000. The average Bonchev–Trinajstić information content (AvgIpc) is 2.39. The number of benzene rings is 1. The molecule has 0 saturated heterocycles. The molecule has 2 rings (SSSR count). The first kappa shape index (κ1) is 13.0. The van der Waals surface area contributed by atoms with Gasteiger partial charge in [-0.25, -0.2) is 4.98 Å². The van der Waals surface area contributed by atoms with E-state index in [1.54, 1.807) is 18.2 Å². The number of hydrogen-bond acceptors (Lipinski definition) is 3. The number of nitrogens with zero attached hydrogens (tertiary/aromatic N) is 1. The van der Waals surface area contributed by atoms with Crippen molar-refractivity contribution in [2.75, 3.05) is 5.32 Å². The molecule has 0 aliphatic carbocycles. The molecule has 0 aliphatic rings. The van der Waals surface area contributed by atoms with Crippen LogP contribution in [0.2, 0.25) is 5.02 Å². The molecule has 1 aromatic heterocycles. The first-order valence-electron chi connectivity index (χ1n) is 5.39. The lowest BCUT2D eigenvalue weighted by Gasteiger charge is -2.05. The number of nitrogens with two attached hydrogens (primary N) is 1. The predicted octanol–water partition coefficient (Wildman–Crippen LogP) is 2.09. The molecule has 96 valence electrons. The van der Waals surface area contributed by atoms with Gasteiger partial charge in [-0.3, -0.25) is 9.59 Å². The average molecular weight is 276 g/mol. The van der Waals surface area contributed by atoms with Gasteiger partial charge in [0.15, 0.2) is 0 Å². The zero-order valence-electron chi connectivity index (χ0n) is 9.76. The maximum Gasteiger partial charge on any atom is 0.256 e. The van der Waals surface area contributed by atoms with E-state index in [1.807, 2.05) is 0 Å². The van der Waals surface area contributed by atoms with Crippen molar-refractivity contribution < 1.29 is 9.59 Å². The van der Waals surface area contributed by atoms with Crippen LogP contribution in [-0.4, -0.2) is 16.8 Å². The topological polar surface area (TPSA) is 85.1 Å². The van der Waals surface area contributed by atoms with E-state index < -0.39 is 11.8 Å². The normalized spacial score (nSPS) is 9.95. The van der Waals surface area contributed by atoms with Crippen LogP contribution in [0.4, 0.5) is 5.82 Å². The first-order chi connectivity index (χ1) is 9.06. The van der Waals surface area contributed by atoms with E-state index >= 15 is 0 Å². The number of carbonyl (C=O) groups excluding carboxylic acids is 2. The fourth-order valence-corrected chi connectivity index (χ4v) is 1.64. The molecule has 5 nitrogen and oxygen atoms in total. The molecule has 0 radical (unpaired) electrons. The molecule has 2 aromatic rings. The highest BCUT2D eigenvalue weighted by molar-refractivity contribution is 6.30. The number of rotatable bonds is 3. The minimum absolute atomic E-state index is 0.270. The molecule has 0 atom stereocenters. The van der Waals surface area contributed by atoms with Gasteiger partial charge in [0.2, 0.25) is 5.91 Å². The monoisotopic (exact) mass is 275 g/mol. The van der Waals surface area contributed by atoms with Crippen LogP contribution >= 0.6 is 11.6 Å². The van der Waals surface area contributed by atoms with Crippen molar-refractivity contribution in [3.05, 3.63) is 58.7 Å².